The maximum Gasteiger partial charge on any atom is 0.492 e. The predicted octanol–water partition coefficient (Wildman–Crippen LogP) is 7.62. The molecule has 2 aromatic rings. The minimum atomic E-state index is -1.57. The van der Waals surface area contributed by atoms with Gasteiger partial charge in [-0.3, -0.25) is 0 Å². The molecule has 0 aromatic heterocycles. The Kier molecular flexibility index (Phi) is 17.9. The van der Waals surface area contributed by atoms with E-state index >= 15 is 0 Å². The van der Waals surface area contributed by atoms with Crippen LogP contribution in [-0.4, -0.2) is 40.0 Å². The topological polar surface area (TPSA) is 41.5 Å². The molecule has 0 heterocycles. The number of unbranched alkanes of at least 4 members (excludes halogenated alkanes) is 10. The molecule has 0 aliphatic rings. The van der Waals surface area contributed by atoms with Crippen LogP contribution in [0.2, 0.25) is 0 Å². The van der Waals surface area contributed by atoms with Crippen molar-refractivity contribution >= 4 is 7.32 Å². The Morgan fingerprint density at radius 1 is 0.541 bits per heavy atom. The van der Waals surface area contributed by atoms with Gasteiger partial charge in [0.1, 0.15) is 11.5 Å². The Morgan fingerprint density at radius 3 is 1.16 bits per heavy atom. The van der Waals surface area contributed by atoms with Crippen LogP contribution >= 0.6 is 0 Å². The average Bonchev–Trinajstić information content (AvgIpc) is 2.84. The summed E-state index contributed by atoms with van der Waals surface area (Å²) in [7, 11) is 6.93. The first-order chi connectivity index (χ1) is 17.7. The number of quaternary nitrogens is 1. The molecule has 0 radical (unpaired) electrons. The largest absolute Gasteiger partial charge is 0.808 e. The van der Waals surface area contributed by atoms with E-state index in [0.29, 0.717) is 11.5 Å². The van der Waals surface area contributed by atoms with E-state index in [-0.39, 0.29) is 0 Å². The van der Waals surface area contributed by atoms with E-state index in [4.69, 9.17) is 9.31 Å². The molecule has 2 aromatic carbocycles. The van der Waals surface area contributed by atoms with Crippen molar-refractivity contribution in [2.24, 2.45) is 0 Å². The van der Waals surface area contributed by atoms with E-state index in [1.807, 2.05) is 48.5 Å². The summed E-state index contributed by atoms with van der Waals surface area (Å²) in [5.41, 5.74) is 2.58. The molecule has 0 fully saturated rings. The van der Waals surface area contributed by atoms with Gasteiger partial charge in [0, 0.05) is 0 Å². The molecule has 0 unspecified atom stereocenters. The van der Waals surface area contributed by atoms with Crippen LogP contribution in [0.25, 0.3) is 0 Å². The minimum absolute atomic E-state index is 0.552. The van der Waals surface area contributed by atoms with E-state index in [2.05, 4.69) is 42.0 Å². The van der Waals surface area contributed by atoms with Gasteiger partial charge in [0.2, 0.25) is 0 Å². The van der Waals surface area contributed by atoms with Gasteiger partial charge in [-0.1, -0.05) is 102 Å². The van der Waals surface area contributed by atoms with Crippen molar-refractivity contribution < 1.29 is 18.8 Å². The Labute approximate surface area is 229 Å². The van der Waals surface area contributed by atoms with Crippen LogP contribution in [0, 0.1) is 0 Å². The van der Waals surface area contributed by atoms with Gasteiger partial charge in [0.15, 0.2) is 0 Å². The first kappa shape index (κ1) is 33.1. The van der Waals surface area contributed by atoms with E-state index in [9.17, 15) is 5.02 Å². The lowest BCUT2D eigenvalue weighted by Crippen LogP contribution is -2.43. The zero-order chi connectivity index (χ0) is 27.4. The van der Waals surface area contributed by atoms with Crippen LogP contribution in [0.15, 0.2) is 48.5 Å². The Morgan fingerprint density at radius 2 is 0.838 bits per heavy atom. The molecule has 0 amide bonds. The summed E-state index contributed by atoms with van der Waals surface area (Å²) in [6, 6.07) is 15.6. The molecule has 0 saturated heterocycles. The molecule has 0 saturated carbocycles. The van der Waals surface area contributed by atoms with Gasteiger partial charge in [0.05, 0.1) is 28.2 Å². The SMILES string of the molecule is CCCCCCCCc1ccc(OB([O-])Oc2ccc(CCCCCCCC)cc2)cc1.C[N+](C)(C)C. The highest BCUT2D eigenvalue weighted by atomic mass is 16.7. The Bertz CT molecular complexity index is 720. The fourth-order valence-corrected chi connectivity index (χ4v) is 3.93. The molecule has 37 heavy (non-hydrogen) atoms. The molecular weight excluding hydrogens is 457 g/mol. The van der Waals surface area contributed by atoms with Crippen LogP contribution in [0.4, 0.5) is 0 Å². The van der Waals surface area contributed by atoms with Crippen LogP contribution in [0.5, 0.6) is 11.5 Å². The van der Waals surface area contributed by atoms with Crippen LogP contribution in [0.3, 0.4) is 0 Å². The van der Waals surface area contributed by atoms with E-state index in [1.165, 1.54) is 88.2 Å². The third-order valence-electron chi connectivity index (χ3n) is 5.95. The fraction of sp³-hybridized carbons (Fsp3) is 0.625. The summed E-state index contributed by atoms with van der Waals surface area (Å²) in [5, 5.41) is 12.2. The number of hydrogen-bond donors (Lipinski definition) is 0. The molecule has 0 aliphatic heterocycles. The average molecular weight is 512 g/mol. The van der Waals surface area contributed by atoms with Crippen molar-refractivity contribution in [3.05, 3.63) is 59.7 Å². The van der Waals surface area contributed by atoms with Gasteiger partial charge in [-0.15, -0.1) is 0 Å². The second kappa shape index (κ2) is 20.0. The molecule has 2 rings (SSSR count). The van der Waals surface area contributed by atoms with Crippen molar-refractivity contribution in [3.63, 3.8) is 0 Å². The van der Waals surface area contributed by atoms with Gasteiger partial charge < -0.3 is 18.8 Å². The highest BCUT2D eigenvalue weighted by molar-refractivity contribution is 6.34. The van der Waals surface area contributed by atoms with Crippen molar-refractivity contribution in [3.8, 4) is 11.5 Å². The number of benzene rings is 2. The Hall–Kier alpha value is -1.98. The van der Waals surface area contributed by atoms with Crippen molar-refractivity contribution in [1.29, 1.82) is 0 Å². The first-order valence-electron chi connectivity index (χ1n) is 14.7. The van der Waals surface area contributed by atoms with Crippen LogP contribution in [0.1, 0.15) is 102 Å². The van der Waals surface area contributed by atoms with Crippen LogP contribution in [-0.2, 0) is 12.8 Å². The molecule has 0 aliphatic carbocycles. The fourth-order valence-electron chi connectivity index (χ4n) is 3.93. The molecule has 0 N–H and O–H groups in total. The van der Waals surface area contributed by atoms with Crippen molar-refractivity contribution in [2.45, 2.75) is 104 Å². The molecule has 5 heteroatoms. The highest BCUT2D eigenvalue weighted by Gasteiger charge is 2.07. The van der Waals surface area contributed by atoms with E-state index < -0.39 is 7.32 Å². The van der Waals surface area contributed by atoms with Gasteiger partial charge >= 0.3 is 7.32 Å². The summed E-state index contributed by atoms with van der Waals surface area (Å²) in [4.78, 5) is 0. The number of hydrogen-bond acceptors (Lipinski definition) is 3. The lowest BCUT2D eigenvalue weighted by Gasteiger charge is -2.21. The summed E-state index contributed by atoms with van der Waals surface area (Å²) < 4.78 is 11.8. The van der Waals surface area contributed by atoms with Crippen molar-refractivity contribution in [2.75, 3.05) is 28.2 Å². The van der Waals surface area contributed by atoms with Crippen LogP contribution < -0.4 is 14.3 Å². The third-order valence-corrected chi connectivity index (χ3v) is 5.95. The first-order valence-corrected chi connectivity index (χ1v) is 14.7. The lowest BCUT2D eigenvalue weighted by atomic mass is 10.0. The normalized spacial score (nSPS) is 11.0. The quantitative estimate of drug-likeness (QED) is 0.117. The molecule has 0 spiro atoms. The molecule has 0 bridgehead atoms. The monoisotopic (exact) mass is 511 g/mol. The third kappa shape index (κ3) is 19.8. The van der Waals surface area contributed by atoms with E-state index in [0.717, 1.165) is 17.3 Å². The minimum Gasteiger partial charge on any atom is -0.808 e. The maximum absolute atomic E-state index is 12.2. The van der Waals surface area contributed by atoms with E-state index in [1.54, 1.807) is 0 Å². The predicted molar refractivity (Wildman–Crippen MR) is 158 cm³/mol. The highest BCUT2D eigenvalue weighted by Crippen LogP contribution is 2.18. The number of rotatable bonds is 18. The smallest absolute Gasteiger partial charge is 0.492 e. The van der Waals surface area contributed by atoms with Gasteiger partial charge in [0.25, 0.3) is 0 Å². The van der Waals surface area contributed by atoms with Gasteiger partial charge in [-0.2, -0.15) is 0 Å². The molecule has 0 atom stereocenters. The molecular formula is C32H54BNO3. The Balaban J connectivity index is 0.00000124. The summed E-state index contributed by atoms with van der Waals surface area (Å²) in [5.74, 6) is 1.10. The number of aryl methyl sites for hydroxylation is 2. The molecule has 4 nitrogen and oxygen atoms in total. The lowest BCUT2D eigenvalue weighted by molar-refractivity contribution is -0.849. The summed E-state index contributed by atoms with van der Waals surface area (Å²) >= 11 is 0. The zero-order valence-electron chi connectivity index (χ0n) is 24.8. The molecule has 208 valence electrons. The van der Waals surface area contributed by atoms with Gasteiger partial charge in [-0.05, 0) is 61.1 Å². The van der Waals surface area contributed by atoms with Crippen molar-refractivity contribution in [1.82, 2.24) is 0 Å². The maximum atomic E-state index is 12.2. The van der Waals surface area contributed by atoms with Gasteiger partial charge in [-0.25, -0.2) is 0 Å². The number of nitrogens with zero attached hydrogens (tertiary/aromatic N) is 1. The standard InChI is InChI=1S/C28H42BO3.C4H12N/c1-3-5-7-9-11-13-15-25-17-21-27(22-18-25)31-29(30)32-28-23-19-26(20-24-28)16-14-12-10-8-6-4-2;1-5(2,3)4/h17-24H,3-16H2,1-2H3;1-4H3/q-1;+1. The second-order valence-electron chi connectivity index (χ2n) is 11.5. The summed E-state index contributed by atoms with van der Waals surface area (Å²) in [6.45, 7) is 4.49. The zero-order valence-corrected chi connectivity index (χ0v) is 24.8. The summed E-state index contributed by atoms with van der Waals surface area (Å²) in [6.07, 6.45) is 17.7. The second-order valence-corrected chi connectivity index (χ2v) is 11.5.